The van der Waals surface area contributed by atoms with Gasteiger partial charge in [-0.05, 0) is 24.6 Å². The molecule has 0 radical (unpaired) electrons. The highest BCUT2D eigenvalue weighted by Gasteiger charge is 2.11. The van der Waals surface area contributed by atoms with E-state index in [1.54, 1.807) is 18.2 Å². The number of carboxylic acid groups (broad SMARTS) is 1. The van der Waals surface area contributed by atoms with Gasteiger partial charge in [-0.2, -0.15) is 5.26 Å². The average Bonchev–Trinajstić information content (AvgIpc) is 2.52. The minimum Gasteiger partial charge on any atom is -0.493 e. The van der Waals surface area contributed by atoms with E-state index >= 15 is 0 Å². The molecule has 0 aliphatic carbocycles. The molecule has 0 atom stereocenters. The third-order valence-corrected chi connectivity index (χ3v) is 2.69. The van der Waals surface area contributed by atoms with Crippen LogP contribution in [0.15, 0.2) is 36.5 Å². The van der Waals surface area contributed by atoms with Crippen molar-refractivity contribution in [3.05, 3.63) is 42.2 Å². The number of nitrogens with zero attached hydrogens (tertiary/aromatic N) is 3. The molecule has 1 aromatic heterocycles. The number of carbonyl (C=O) groups is 1. The first kappa shape index (κ1) is 14.5. The Morgan fingerprint density at radius 2 is 2.14 bits per heavy atom. The molecular formula is C15H13N3O3. The summed E-state index contributed by atoms with van der Waals surface area (Å²) in [6.07, 6.45) is 2.45. The Balaban J connectivity index is 2.25. The second kappa shape index (κ2) is 7.01. The number of aromatic nitrogens is 2. The van der Waals surface area contributed by atoms with Gasteiger partial charge < -0.3 is 9.84 Å². The zero-order valence-electron chi connectivity index (χ0n) is 11.2. The van der Waals surface area contributed by atoms with Crippen molar-refractivity contribution < 1.29 is 14.6 Å². The van der Waals surface area contributed by atoms with E-state index < -0.39 is 5.97 Å². The number of aromatic carboxylic acids is 1. The molecule has 1 heterocycles. The summed E-state index contributed by atoms with van der Waals surface area (Å²) in [5.41, 5.74) is 0.553. The number of carboxylic acids is 1. The van der Waals surface area contributed by atoms with Crippen molar-refractivity contribution in [1.29, 1.82) is 5.26 Å². The van der Waals surface area contributed by atoms with Crippen molar-refractivity contribution in [2.75, 3.05) is 6.61 Å². The molecule has 0 saturated heterocycles. The van der Waals surface area contributed by atoms with Crippen LogP contribution in [-0.4, -0.2) is 27.7 Å². The Labute approximate surface area is 121 Å². The summed E-state index contributed by atoms with van der Waals surface area (Å²) >= 11 is 0. The predicted octanol–water partition coefficient (Wildman–Crippen LogP) is 2.52. The fourth-order valence-corrected chi connectivity index (χ4v) is 1.72. The third-order valence-electron chi connectivity index (χ3n) is 2.69. The summed E-state index contributed by atoms with van der Waals surface area (Å²) in [5.74, 6) is -0.241. The molecule has 0 amide bonds. The number of unbranched alkanes of at least 4 members (excludes halogenated alkanes) is 1. The van der Waals surface area contributed by atoms with Gasteiger partial charge in [0.05, 0.1) is 18.2 Å². The number of hydrogen-bond donors (Lipinski definition) is 1. The standard InChI is InChI=1S/C15H13N3O3/c16-8-3-4-10-21-13-6-2-1-5-11(13)14-17-9-7-12(18-14)15(19)20/h1-2,5-7,9H,3-4,10H2,(H,19,20). The zero-order chi connectivity index (χ0) is 15.1. The first-order valence-electron chi connectivity index (χ1n) is 6.38. The van der Waals surface area contributed by atoms with E-state index in [4.69, 9.17) is 15.1 Å². The minimum absolute atomic E-state index is 0.0701. The van der Waals surface area contributed by atoms with Gasteiger partial charge in [-0.1, -0.05) is 12.1 Å². The highest BCUT2D eigenvalue weighted by Crippen LogP contribution is 2.27. The number of para-hydroxylation sites is 1. The van der Waals surface area contributed by atoms with Crippen LogP contribution in [0.25, 0.3) is 11.4 Å². The fourth-order valence-electron chi connectivity index (χ4n) is 1.72. The van der Waals surface area contributed by atoms with E-state index in [1.165, 1.54) is 12.3 Å². The molecule has 1 aromatic carbocycles. The molecule has 0 bridgehead atoms. The molecule has 21 heavy (non-hydrogen) atoms. The van der Waals surface area contributed by atoms with E-state index in [0.717, 1.165) is 0 Å². The predicted molar refractivity (Wildman–Crippen MR) is 74.8 cm³/mol. The lowest BCUT2D eigenvalue weighted by molar-refractivity contribution is 0.0690. The summed E-state index contributed by atoms with van der Waals surface area (Å²) in [6, 6.07) is 10.5. The lowest BCUT2D eigenvalue weighted by Crippen LogP contribution is -2.04. The maximum absolute atomic E-state index is 11.0. The topological polar surface area (TPSA) is 96.1 Å². The van der Waals surface area contributed by atoms with Crippen molar-refractivity contribution in [1.82, 2.24) is 9.97 Å². The fraction of sp³-hybridized carbons (Fsp3) is 0.200. The van der Waals surface area contributed by atoms with E-state index in [2.05, 4.69) is 16.0 Å². The molecular weight excluding hydrogens is 270 g/mol. The highest BCUT2D eigenvalue weighted by atomic mass is 16.5. The van der Waals surface area contributed by atoms with Crippen LogP contribution in [0.5, 0.6) is 5.75 Å². The van der Waals surface area contributed by atoms with Crippen LogP contribution in [0.4, 0.5) is 0 Å². The van der Waals surface area contributed by atoms with Crippen LogP contribution in [0.3, 0.4) is 0 Å². The van der Waals surface area contributed by atoms with Crippen LogP contribution < -0.4 is 4.74 Å². The molecule has 6 heteroatoms. The van der Waals surface area contributed by atoms with Gasteiger partial charge in [-0.3, -0.25) is 0 Å². The number of hydrogen-bond acceptors (Lipinski definition) is 5. The van der Waals surface area contributed by atoms with Crippen molar-refractivity contribution in [2.45, 2.75) is 12.8 Å². The normalized spacial score (nSPS) is 9.86. The van der Waals surface area contributed by atoms with Gasteiger partial charge in [-0.25, -0.2) is 14.8 Å². The molecule has 0 saturated carbocycles. The van der Waals surface area contributed by atoms with Gasteiger partial charge in [0.2, 0.25) is 0 Å². The maximum atomic E-state index is 11.0. The monoisotopic (exact) mass is 283 g/mol. The molecule has 1 N–H and O–H groups in total. The summed E-state index contributed by atoms with van der Waals surface area (Å²) in [5, 5.41) is 17.5. The lowest BCUT2D eigenvalue weighted by Gasteiger charge is -2.10. The van der Waals surface area contributed by atoms with Crippen molar-refractivity contribution in [2.24, 2.45) is 0 Å². The van der Waals surface area contributed by atoms with Crippen LogP contribution in [0, 0.1) is 11.3 Å². The summed E-state index contributed by atoms with van der Waals surface area (Å²) in [4.78, 5) is 19.1. The van der Waals surface area contributed by atoms with Crippen LogP contribution in [0.2, 0.25) is 0 Å². The zero-order valence-corrected chi connectivity index (χ0v) is 11.2. The van der Waals surface area contributed by atoms with E-state index in [1.807, 2.05) is 6.07 Å². The van der Waals surface area contributed by atoms with Crippen molar-refractivity contribution in [3.8, 4) is 23.2 Å². The Morgan fingerprint density at radius 3 is 2.90 bits per heavy atom. The van der Waals surface area contributed by atoms with Gasteiger partial charge in [0.15, 0.2) is 11.5 Å². The second-order valence-corrected chi connectivity index (χ2v) is 4.18. The molecule has 0 spiro atoms. The molecule has 6 nitrogen and oxygen atoms in total. The molecule has 0 unspecified atom stereocenters. The third kappa shape index (κ3) is 3.76. The van der Waals surface area contributed by atoms with Crippen LogP contribution in [-0.2, 0) is 0 Å². The second-order valence-electron chi connectivity index (χ2n) is 4.18. The van der Waals surface area contributed by atoms with E-state index in [0.29, 0.717) is 36.6 Å². The number of rotatable bonds is 6. The van der Waals surface area contributed by atoms with E-state index in [-0.39, 0.29) is 5.69 Å². The Hall–Kier alpha value is -2.94. The average molecular weight is 283 g/mol. The lowest BCUT2D eigenvalue weighted by atomic mass is 10.2. The first-order chi connectivity index (χ1) is 10.2. The number of benzene rings is 1. The molecule has 0 aliphatic heterocycles. The highest BCUT2D eigenvalue weighted by molar-refractivity contribution is 5.85. The minimum atomic E-state index is -1.11. The molecule has 2 rings (SSSR count). The number of nitriles is 1. The van der Waals surface area contributed by atoms with Gasteiger partial charge >= 0.3 is 5.97 Å². The summed E-state index contributed by atoms with van der Waals surface area (Å²) in [7, 11) is 0. The van der Waals surface area contributed by atoms with Gasteiger partial charge in [0, 0.05) is 12.6 Å². The van der Waals surface area contributed by atoms with Crippen molar-refractivity contribution in [3.63, 3.8) is 0 Å². The molecule has 2 aromatic rings. The summed E-state index contributed by atoms with van der Waals surface area (Å²) in [6.45, 7) is 0.406. The van der Waals surface area contributed by atoms with Gasteiger partial charge in [0.25, 0.3) is 0 Å². The quantitative estimate of drug-likeness (QED) is 0.818. The van der Waals surface area contributed by atoms with Gasteiger partial charge in [0.1, 0.15) is 5.75 Å². The molecule has 0 fully saturated rings. The first-order valence-corrected chi connectivity index (χ1v) is 6.38. The smallest absolute Gasteiger partial charge is 0.354 e. The SMILES string of the molecule is N#CCCCOc1ccccc1-c1nccc(C(=O)O)n1. The Kier molecular flexibility index (Phi) is 4.83. The number of ether oxygens (including phenoxy) is 1. The summed E-state index contributed by atoms with van der Waals surface area (Å²) < 4.78 is 5.62. The molecule has 106 valence electrons. The maximum Gasteiger partial charge on any atom is 0.354 e. The van der Waals surface area contributed by atoms with Crippen LogP contribution in [0.1, 0.15) is 23.3 Å². The van der Waals surface area contributed by atoms with E-state index in [9.17, 15) is 4.79 Å². The van der Waals surface area contributed by atoms with Gasteiger partial charge in [-0.15, -0.1) is 0 Å². The largest absolute Gasteiger partial charge is 0.493 e. The Morgan fingerprint density at radius 1 is 1.33 bits per heavy atom. The van der Waals surface area contributed by atoms with Crippen molar-refractivity contribution >= 4 is 5.97 Å². The molecule has 0 aliphatic rings. The van der Waals surface area contributed by atoms with Crippen LogP contribution >= 0.6 is 0 Å². The Bertz CT molecular complexity index is 680.